The van der Waals surface area contributed by atoms with Gasteiger partial charge < -0.3 is 4.90 Å². The van der Waals surface area contributed by atoms with Crippen molar-refractivity contribution in [3.8, 4) is 0 Å². The molecule has 2 N–H and O–H groups in total. The van der Waals surface area contributed by atoms with Gasteiger partial charge >= 0.3 is 0 Å². The SMILES string of the molecule is CC(C)(C)c1ccc(S(=O)(=O)NCCCN2CCN(CCNS(=O)(=O)c3ccc(C(C)(C)C)cc3)CC2)cc1. The van der Waals surface area contributed by atoms with Crippen molar-refractivity contribution in [2.24, 2.45) is 0 Å². The molecular weight excluding hydrogens is 532 g/mol. The highest BCUT2D eigenvalue weighted by atomic mass is 32.2. The molecular formula is C29H46N4O4S2. The van der Waals surface area contributed by atoms with Crippen LogP contribution in [0, 0.1) is 0 Å². The number of hydrogen-bond donors (Lipinski definition) is 2. The predicted molar refractivity (Wildman–Crippen MR) is 158 cm³/mol. The monoisotopic (exact) mass is 578 g/mol. The lowest BCUT2D eigenvalue weighted by Crippen LogP contribution is -2.48. The van der Waals surface area contributed by atoms with Gasteiger partial charge in [0.25, 0.3) is 0 Å². The number of hydrogen-bond acceptors (Lipinski definition) is 6. The van der Waals surface area contributed by atoms with Crippen LogP contribution in [-0.2, 0) is 30.9 Å². The molecule has 2 aromatic rings. The number of nitrogens with zero attached hydrogens (tertiary/aromatic N) is 2. The lowest BCUT2D eigenvalue weighted by molar-refractivity contribution is 0.133. The highest BCUT2D eigenvalue weighted by molar-refractivity contribution is 7.89. The fourth-order valence-electron chi connectivity index (χ4n) is 4.52. The summed E-state index contributed by atoms with van der Waals surface area (Å²) in [7, 11) is -7.05. The van der Waals surface area contributed by atoms with E-state index in [4.69, 9.17) is 0 Å². The molecule has 1 saturated heterocycles. The van der Waals surface area contributed by atoms with Gasteiger partial charge in [0, 0.05) is 45.8 Å². The van der Waals surface area contributed by atoms with E-state index in [-0.39, 0.29) is 15.7 Å². The van der Waals surface area contributed by atoms with Gasteiger partial charge in [-0.1, -0.05) is 65.8 Å². The highest BCUT2D eigenvalue weighted by Gasteiger charge is 2.21. The van der Waals surface area contributed by atoms with E-state index in [1.807, 2.05) is 24.3 Å². The third-order valence-electron chi connectivity index (χ3n) is 7.19. The molecule has 39 heavy (non-hydrogen) atoms. The smallest absolute Gasteiger partial charge is 0.240 e. The molecule has 1 heterocycles. The largest absolute Gasteiger partial charge is 0.301 e. The molecule has 218 valence electrons. The minimum Gasteiger partial charge on any atom is -0.301 e. The Morgan fingerprint density at radius 1 is 0.590 bits per heavy atom. The van der Waals surface area contributed by atoms with Gasteiger partial charge in [0.2, 0.25) is 20.0 Å². The summed E-state index contributed by atoms with van der Waals surface area (Å²) in [6.07, 6.45) is 0.729. The van der Waals surface area contributed by atoms with Crippen molar-refractivity contribution in [2.45, 2.75) is 68.6 Å². The lowest BCUT2D eigenvalue weighted by Gasteiger charge is -2.34. The summed E-state index contributed by atoms with van der Waals surface area (Å²) in [5, 5.41) is 0. The molecule has 0 spiro atoms. The summed E-state index contributed by atoms with van der Waals surface area (Å²) >= 11 is 0. The van der Waals surface area contributed by atoms with Crippen molar-refractivity contribution in [2.75, 3.05) is 52.4 Å². The third-order valence-corrected chi connectivity index (χ3v) is 10.1. The Morgan fingerprint density at radius 2 is 0.949 bits per heavy atom. The van der Waals surface area contributed by atoms with E-state index >= 15 is 0 Å². The fraction of sp³-hybridized carbons (Fsp3) is 0.586. The van der Waals surface area contributed by atoms with Crippen LogP contribution in [-0.4, -0.2) is 79.0 Å². The number of rotatable bonds is 11. The van der Waals surface area contributed by atoms with Crippen LogP contribution in [0.15, 0.2) is 58.3 Å². The van der Waals surface area contributed by atoms with Gasteiger partial charge in [-0.3, -0.25) is 4.90 Å². The van der Waals surface area contributed by atoms with Gasteiger partial charge in [-0.15, -0.1) is 0 Å². The molecule has 10 heteroatoms. The second-order valence-corrected chi connectivity index (χ2v) is 15.9. The molecule has 0 radical (unpaired) electrons. The zero-order chi connectivity index (χ0) is 28.9. The Hall–Kier alpha value is -1.82. The van der Waals surface area contributed by atoms with Crippen LogP contribution in [0.2, 0.25) is 0 Å². The highest BCUT2D eigenvalue weighted by Crippen LogP contribution is 2.24. The fourth-order valence-corrected chi connectivity index (χ4v) is 6.61. The minimum atomic E-state index is -3.53. The first-order valence-electron chi connectivity index (χ1n) is 13.7. The second-order valence-electron chi connectivity index (χ2n) is 12.4. The van der Waals surface area contributed by atoms with Gasteiger partial charge in [-0.2, -0.15) is 0 Å². The van der Waals surface area contributed by atoms with E-state index in [1.54, 1.807) is 24.3 Å². The van der Waals surface area contributed by atoms with E-state index in [0.29, 0.717) is 24.5 Å². The second kappa shape index (κ2) is 12.8. The number of nitrogens with one attached hydrogen (secondary N) is 2. The Balaban J connectivity index is 1.34. The molecule has 1 aliphatic heterocycles. The van der Waals surface area contributed by atoms with Gasteiger partial charge in [-0.25, -0.2) is 26.3 Å². The molecule has 0 amide bonds. The van der Waals surface area contributed by atoms with Crippen LogP contribution in [0.5, 0.6) is 0 Å². The van der Waals surface area contributed by atoms with E-state index in [2.05, 4.69) is 60.8 Å². The van der Waals surface area contributed by atoms with E-state index < -0.39 is 20.0 Å². The van der Waals surface area contributed by atoms with Gasteiger partial charge in [0.05, 0.1) is 9.79 Å². The van der Waals surface area contributed by atoms with Crippen LogP contribution in [0.1, 0.15) is 59.1 Å². The maximum atomic E-state index is 12.7. The molecule has 0 aromatic heterocycles. The van der Waals surface area contributed by atoms with E-state index in [1.165, 1.54) is 0 Å². The summed E-state index contributed by atoms with van der Waals surface area (Å²) < 4.78 is 56.0. The Bertz CT molecular complexity index is 1270. The average molecular weight is 579 g/mol. The van der Waals surface area contributed by atoms with Crippen molar-refractivity contribution in [1.82, 2.24) is 19.2 Å². The third kappa shape index (κ3) is 9.37. The van der Waals surface area contributed by atoms with Gasteiger partial charge in [0.1, 0.15) is 0 Å². The topological polar surface area (TPSA) is 98.8 Å². The summed E-state index contributed by atoms with van der Waals surface area (Å²) in [6, 6.07) is 14.2. The predicted octanol–water partition coefficient (Wildman–Crippen LogP) is 3.55. The van der Waals surface area contributed by atoms with Crippen molar-refractivity contribution in [3.63, 3.8) is 0 Å². The van der Waals surface area contributed by atoms with Crippen LogP contribution < -0.4 is 9.44 Å². The summed E-state index contributed by atoms with van der Waals surface area (Å²) in [4.78, 5) is 5.16. The average Bonchev–Trinajstić information content (AvgIpc) is 2.86. The zero-order valence-corrected chi connectivity index (χ0v) is 26.0. The van der Waals surface area contributed by atoms with E-state index in [9.17, 15) is 16.8 Å². The van der Waals surface area contributed by atoms with Crippen LogP contribution in [0.4, 0.5) is 0 Å². The number of benzene rings is 2. The van der Waals surface area contributed by atoms with Crippen molar-refractivity contribution >= 4 is 20.0 Å². The molecule has 0 bridgehead atoms. The molecule has 2 aromatic carbocycles. The molecule has 0 atom stereocenters. The molecule has 3 rings (SSSR count). The standard InChI is InChI=1S/C29H46N4O4S2/c1-28(2,3)24-8-12-26(13-9-24)38(34,35)30-16-7-18-32-20-22-33(23-21-32)19-17-31-39(36,37)27-14-10-25(11-15-27)29(4,5)6/h8-15,30-31H,7,16-23H2,1-6H3. The summed E-state index contributed by atoms with van der Waals surface area (Å²) in [6.45, 7) is 18.3. The summed E-state index contributed by atoms with van der Waals surface area (Å²) in [5.41, 5.74) is 2.16. The van der Waals surface area contributed by atoms with Crippen molar-refractivity contribution in [1.29, 1.82) is 0 Å². The van der Waals surface area contributed by atoms with Crippen LogP contribution in [0.3, 0.4) is 0 Å². The maximum absolute atomic E-state index is 12.7. The van der Waals surface area contributed by atoms with Gasteiger partial charge in [-0.05, 0) is 59.2 Å². The Kier molecular flexibility index (Phi) is 10.4. The van der Waals surface area contributed by atoms with E-state index in [0.717, 1.165) is 50.3 Å². The lowest BCUT2D eigenvalue weighted by atomic mass is 9.87. The van der Waals surface area contributed by atoms with Crippen LogP contribution >= 0.6 is 0 Å². The van der Waals surface area contributed by atoms with Gasteiger partial charge in [0.15, 0.2) is 0 Å². The molecule has 0 saturated carbocycles. The Labute approximate surface area is 236 Å². The number of piperazine rings is 1. The molecule has 0 unspecified atom stereocenters. The van der Waals surface area contributed by atoms with Crippen molar-refractivity contribution < 1.29 is 16.8 Å². The van der Waals surface area contributed by atoms with Crippen LogP contribution in [0.25, 0.3) is 0 Å². The Morgan fingerprint density at radius 3 is 1.33 bits per heavy atom. The quantitative estimate of drug-likeness (QED) is 0.396. The molecule has 1 fully saturated rings. The summed E-state index contributed by atoms with van der Waals surface area (Å²) in [5.74, 6) is 0. The molecule has 1 aliphatic rings. The normalized spacial score (nSPS) is 16.5. The first-order valence-corrected chi connectivity index (χ1v) is 16.7. The molecule has 0 aliphatic carbocycles. The first kappa shape index (κ1) is 31.7. The molecule has 8 nitrogen and oxygen atoms in total. The number of sulfonamides is 2. The van der Waals surface area contributed by atoms with Crippen molar-refractivity contribution in [3.05, 3.63) is 59.7 Å². The maximum Gasteiger partial charge on any atom is 0.240 e. The zero-order valence-electron chi connectivity index (χ0n) is 24.3. The first-order chi connectivity index (χ1) is 18.1. The minimum absolute atomic E-state index is 0.0210.